The molecular formula is C9H15BrN2O2S2. The summed E-state index contributed by atoms with van der Waals surface area (Å²) in [5.74, 6) is 0. The van der Waals surface area contributed by atoms with Gasteiger partial charge >= 0.3 is 0 Å². The van der Waals surface area contributed by atoms with Crippen LogP contribution in [-0.4, -0.2) is 32.4 Å². The van der Waals surface area contributed by atoms with Crippen molar-refractivity contribution in [3.8, 4) is 0 Å². The quantitative estimate of drug-likeness (QED) is 0.456. The molecule has 1 aromatic rings. The highest BCUT2D eigenvalue weighted by molar-refractivity contribution is 9.10. The van der Waals surface area contributed by atoms with Gasteiger partial charge in [-0.15, -0.1) is 0 Å². The first-order valence-electron chi connectivity index (χ1n) is 4.37. The highest BCUT2D eigenvalue weighted by Crippen LogP contribution is 2.22. The number of methoxy groups -OCH3 is 1. The fraction of sp³-hybridized carbons (Fsp3) is 0.444. The zero-order valence-electron chi connectivity index (χ0n) is 9.14. The van der Waals surface area contributed by atoms with Crippen molar-refractivity contribution in [2.24, 2.45) is 0 Å². The van der Waals surface area contributed by atoms with E-state index in [1.54, 1.807) is 19.5 Å². The van der Waals surface area contributed by atoms with Crippen LogP contribution in [0, 0.1) is 0 Å². The highest BCUT2D eigenvalue weighted by atomic mass is 79.9. The van der Waals surface area contributed by atoms with E-state index in [2.05, 4.69) is 20.9 Å². The summed E-state index contributed by atoms with van der Waals surface area (Å²) >= 11 is 4.63. The maximum atomic E-state index is 5.30. The molecule has 0 radical (unpaired) electrons. The van der Waals surface area contributed by atoms with Crippen LogP contribution in [0.25, 0.3) is 0 Å². The minimum Gasteiger partial charge on any atom is -0.382 e. The van der Waals surface area contributed by atoms with Gasteiger partial charge in [-0.05, 0) is 22.0 Å². The van der Waals surface area contributed by atoms with Gasteiger partial charge in [-0.2, -0.15) is 13.5 Å². The Morgan fingerprint density at radius 1 is 1.44 bits per heavy atom. The molecule has 16 heavy (non-hydrogen) atoms. The fourth-order valence-corrected chi connectivity index (χ4v) is 1.69. The van der Waals surface area contributed by atoms with E-state index < -0.39 is 0 Å². The van der Waals surface area contributed by atoms with Crippen LogP contribution in [0.2, 0.25) is 0 Å². The predicted octanol–water partition coefficient (Wildman–Crippen LogP) is 2.62. The Bertz CT molecular complexity index is 305. The summed E-state index contributed by atoms with van der Waals surface area (Å²) in [4.78, 5) is 4.07. The Hall–Kier alpha value is 0.0500. The Labute approximate surface area is 116 Å². The molecule has 0 amide bonds. The number of ether oxygens (including phenoxy) is 1. The monoisotopic (exact) mass is 326 g/mol. The van der Waals surface area contributed by atoms with Crippen LogP contribution in [0.3, 0.4) is 0 Å². The molecule has 0 saturated heterocycles. The average Bonchev–Trinajstić information content (AvgIpc) is 2.24. The van der Waals surface area contributed by atoms with Crippen LogP contribution in [0.4, 0.5) is 5.69 Å². The molecule has 0 aliphatic heterocycles. The van der Waals surface area contributed by atoms with E-state index in [1.165, 1.54) is 12.2 Å². The van der Waals surface area contributed by atoms with Gasteiger partial charge in [0.15, 0.2) is 0 Å². The number of anilines is 1. The number of hydrogen-bond acceptors (Lipinski definition) is 5. The standard InChI is InChI=1S/C9H13BrN2O2S.H2S/c1-12(15-14-4-3-13-2)9-5-8(10)6-11-7-9;/h5-7H,3-4H2,1-2H3;1H2. The van der Waals surface area contributed by atoms with Crippen molar-refractivity contribution < 1.29 is 8.92 Å². The van der Waals surface area contributed by atoms with Gasteiger partial charge in [0.05, 0.1) is 25.1 Å². The van der Waals surface area contributed by atoms with E-state index in [0.29, 0.717) is 13.2 Å². The summed E-state index contributed by atoms with van der Waals surface area (Å²) in [6, 6.07) is 1.97. The van der Waals surface area contributed by atoms with Gasteiger partial charge in [0.25, 0.3) is 0 Å². The zero-order chi connectivity index (χ0) is 11.1. The van der Waals surface area contributed by atoms with Crippen molar-refractivity contribution >= 4 is 47.3 Å². The van der Waals surface area contributed by atoms with Gasteiger partial charge in [-0.1, -0.05) is 0 Å². The lowest BCUT2D eigenvalue weighted by molar-refractivity contribution is 0.157. The first-order valence-corrected chi connectivity index (χ1v) is 5.86. The van der Waals surface area contributed by atoms with Gasteiger partial charge in [0.1, 0.15) is 12.2 Å². The third kappa shape index (κ3) is 5.95. The summed E-state index contributed by atoms with van der Waals surface area (Å²) < 4.78 is 13.0. The number of pyridine rings is 1. The van der Waals surface area contributed by atoms with E-state index in [9.17, 15) is 0 Å². The van der Waals surface area contributed by atoms with Crippen molar-refractivity contribution in [2.75, 3.05) is 31.7 Å². The maximum absolute atomic E-state index is 5.30. The van der Waals surface area contributed by atoms with Crippen LogP contribution < -0.4 is 4.31 Å². The number of nitrogens with zero attached hydrogens (tertiary/aromatic N) is 2. The fourth-order valence-electron chi connectivity index (χ4n) is 0.850. The molecule has 0 fully saturated rings. The lowest BCUT2D eigenvalue weighted by atomic mass is 10.4. The van der Waals surface area contributed by atoms with Gasteiger partial charge in [-0.25, -0.2) is 0 Å². The second kappa shape index (κ2) is 9.12. The molecule has 0 bridgehead atoms. The van der Waals surface area contributed by atoms with Crippen molar-refractivity contribution in [3.63, 3.8) is 0 Å². The molecule has 1 aromatic heterocycles. The molecule has 0 spiro atoms. The van der Waals surface area contributed by atoms with E-state index in [0.717, 1.165) is 10.2 Å². The molecule has 92 valence electrons. The maximum Gasteiger partial charge on any atom is 0.114 e. The third-order valence-corrected chi connectivity index (χ3v) is 2.73. The topological polar surface area (TPSA) is 34.6 Å². The Kier molecular flexibility index (Phi) is 9.15. The molecule has 0 atom stereocenters. The average molecular weight is 327 g/mol. The van der Waals surface area contributed by atoms with Crippen LogP contribution in [0.5, 0.6) is 0 Å². The van der Waals surface area contributed by atoms with Crippen molar-refractivity contribution in [1.82, 2.24) is 4.98 Å². The predicted molar refractivity (Wildman–Crippen MR) is 76.1 cm³/mol. The molecule has 1 heterocycles. The second-order valence-electron chi connectivity index (χ2n) is 2.75. The lowest BCUT2D eigenvalue weighted by Gasteiger charge is -2.16. The number of hydrogen-bond donors (Lipinski definition) is 0. The van der Waals surface area contributed by atoms with Crippen molar-refractivity contribution in [3.05, 3.63) is 22.9 Å². The Morgan fingerprint density at radius 3 is 2.81 bits per heavy atom. The third-order valence-electron chi connectivity index (χ3n) is 1.59. The summed E-state index contributed by atoms with van der Waals surface area (Å²) in [6.45, 7) is 1.16. The van der Waals surface area contributed by atoms with Gasteiger partial charge in [-0.3, -0.25) is 13.5 Å². The molecule has 0 saturated carbocycles. The van der Waals surface area contributed by atoms with Crippen LogP contribution in [0.1, 0.15) is 0 Å². The zero-order valence-corrected chi connectivity index (χ0v) is 12.5. The molecular weight excluding hydrogens is 312 g/mol. The van der Waals surface area contributed by atoms with E-state index in [1.807, 2.05) is 17.4 Å². The van der Waals surface area contributed by atoms with Gasteiger partial charge in [0, 0.05) is 24.8 Å². The van der Waals surface area contributed by atoms with Crippen molar-refractivity contribution in [1.29, 1.82) is 0 Å². The van der Waals surface area contributed by atoms with Crippen molar-refractivity contribution in [2.45, 2.75) is 0 Å². The molecule has 0 unspecified atom stereocenters. The van der Waals surface area contributed by atoms with Crippen LogP contribution >= 0.6 is 41.7 Å². The van der Waals surface area contributed by atoms with Gasteiger partial charge < -0.3 is 4.74 Å². The smallest absolute Gasteiger partial charge is 0.114 e. The normalized spacial score (nSPS) is 9.69. The minimum absolute atomic E-state index is 0. The summed E-state index contributed by atoms with van der Waals surface area (Å²) in [7, 11) is 3.57. The highest BCUT2D eigenvalue weighted by Gasteiger charge is 2.03. The number of aromatic nitrogens is 1. The first kappa shape index (κ1) is 16.1. The minimum atomic E-state index is 0. The summed E-state index contributed by atoms with van der Waals surface area (Å²) in [6.07, 6.45) is 3.52. The first-order chi connectivity index (χ1) is 7.24. The molecule has 0 aliphatic carbocycles. The molecule has 0 aromatic carbocycles. The van der Waals surface area contributed by atoms with Gasteiger partial charge in [0.2, 0.25) is 0 Å². The van der Waals surface area contributed by atoms with Crippen LogP contribution in [0.15, 0.2) is 22.9 Å². The van der Waals surface area contributed by atoms with E-state index in [-0.39, 0.29) is 13.5 Å². The molecule has 4 nitrogen and oxygen atoms in total. The lowest BCUT2D eigenvalue weighted by Crippen LogP contribution is -2.09. The molecule has 0 N–H and O–H groups in total. The molecule has 7 heteroatoms. The number of halogens is 1. The summed E-state index contributed by atoms with van der Waals surface area (Å²) in [5, 5.41) is 0. The SMILES string of the molecule is COCCOSN(C)c1cncc(Br)c1.S. The largest absolute Gasteiger partial charge is 0.382 e. The Balaban J connectivity index is 0.00000225. The van der Waals surface area contributed by atoms with Crippen LogP contribution in [-0.2, 0) is 8.92 Å². The Morgan fingerprint density at radius 2 is 2.19 bits per heavy atom. The molecule has 0 aliphatic rings. The second-order valence-corrected chi connectivity index (χ2v) is 4.60. The van der Waals surface area contributed by atoms with E-state index >= 15 is 0 Å². The van der Waals surface area contributed by atoms with E-state index in [4.69, 9.17) is 8.92 Å². The number of rotatable bonds is 6. The molecule has 1 rings (SSSR count). The summed E-state index contributed by atoms with van der Waals surface area (Å²) in [5.41, 5.74) is 0.979.